The van der Waals surface area contributed by atoms with Crippen LogP contribution in [0.25, 0.3) is 0 Å². The molecule has 0 atom stereocenters. The Hall–Kier alpha value is -1.94. The molecule has 3 rings (SSSR count). The van der Waals surface area contributed by atoms with Gasteiger partial charge in [0, 0.05) is 25.0 Å². The van der Waals surface area contributed by atoms with Crippen LogP contribution in [0.5, 0.6) is 0 Å². The lowest BCUT2D eigenvalue weighted by Crippen LogP contribution is -2.40. The summed E-state index contributed by atoms with van der Waals surface area (Å²) in [7, 11) is -3.54. The van der Waals surface area contributed by atoms with Gasteiger partial charge in [-0.15, -0.1) is 11.8 Å². The highest BCUT2D eigenvalue weighted by atomic mass is 32.2. The van der Waals surface area contributed by atoms with E-state index in [1.54, 1.807) is 30.5 Å². The topological polar surface area (TPSA) is 88.6 Å². The van der Waals surface area contributed by atoms with Crippen molar-refractivity contribution in [2.45, 2.75) is 9.92 Å². The Kier molecular flexibility index (Phi) is 5.92. The quantitative estimate of drug-likeness (QED) is 0.783. The number of rotatable bonds is 5. The maximum Gasteiger partial charge on any atom is 0.258 e. The van der Waals surface area contributed by atoms with Crippen LogP contribution in [0.3, 0.4) is 0 Å². The largest absolute Gasteiger partial charge is 0.379 e. The first-order chi connectivity index (χ1) is 12.5. The number of nitrogens with zero attached hydrogens (tertiary/aromatic N) is 2. The maximum absolute atomic E-state index is 12.6. The maximum atomic E-state index is 12.6. The van der Waals surface area contributed by atoms with Crippen molar-refractivity contribution in [3.05, 3.63) is 48.2 Å². The number of carbonyl (C=O) groups excluding carboxylic acids is 1. The predicted molar refractivity (Wildman–Crippen MR) is 100.0 cm³/mol. The van der Waals surface area contributed by atoms with Crippen LogP contribution in [0.2, 0.25) is 0 Å². The molecule has 0 bridgehead atoms. The van der Waals surface area contributed by atoms with Gasteiger partial charge in [0.25, 0.3) is 5.91 Å². The molecule has 1 N–H and O–H groups in total. The molecule has 0 unspecified atom stereocenters. The van der Waals surface area contributed by atoms with Gasteiger partial charge in [0.2, 0.25) is 10.0 Å². The van der Waals surface area contributed by atoms with E-state index in [1.165, 1.54) is 28.2 Å². The third kappa shape index (κ3) is 4.07. The molecule has 0 radical (unpaired) electrons. The van der Waals surface area contributed by atoms with E-state index in [0.29, 0.717) is 42.6 Å². The monoisotopic (exact) mass is 393 g/mol. The molecule has 1 amide bonds. The Morgan fingerprint density at radius 3 is 2.54 bits per heavy atom. The van der Waals surface area contributed by atoms with Gasteiger partial charge in [-0.25, -0.2) is 13.4 Å². The average molecular weight is 393 g/mol. The van der Waals surface area contributed by atoms with Crippen LogP contribution in [0.1, 0.15) is 10.4 Å². The molecule has 1 aliphatic heterocycles. The van der Waals surface area contributed by atoms with Crippen molar-refractivity contribution in [1.82, 2.24) is 9.29 Å². The summed E-state index contributed by atoms with van der Waals surface area (Å²) in [5.74, 6) is -0.286. The van der Waals surface area contributed by atoms with Gasteiger partial charge in [-0.05, 0) is 42.7 Å². The first-order valence-electron chi connectivity index (χ1n) is 8.00. The minimum atomic E-state index is -3.54. The third-order valence-electron chi connectivity index (χ3n) is 3.93. The van der Waals surface area contributed by atoms with E-state index < -0.39 is 10.0 Å². The summed E-state index contributed by atoms with van der Waals surface area (Å²) in [5.41, 5.74) is 0.997. The van der Waals surface area contributed by atoms with Gasteiger partial charge in [-0.2, -0.15) is 4.31 Å². The molecular weight excluding hydrogens is 374 g/mol. The lowest BCUT2D eigenvalue weighted by atomic mass is 10.2. The molecule has 9 heteroatoms. The van der Waals surface area contributed by atoms with Gasteiger partial charge < -0.3 is 10.1 Å². The lowest BCUT2D eigenvalue weighted by molar-refractivity contribution is 0.0730. The van der Waals surface area contributed by atoms with Crippen molar-refractivity contribution in [3.63, 3.8) is 0 Å². The number of nitrogens with one attached hydrogen (secondary N) is 1. The molecule has 1 aromatic carbocycles. The van der Waals surface area contributed by atoms with Crippen LogP contribution in [-0.4, -0.2) is 56.2 Å². The van der Waals surface area contributed by atoms with Gasteiger partial charge in [-0.3, -0.25) is 4.79 Å². The summed E-state index contributed by atoms with van der Waals surface area (Å²) in [4.78, 5) is 16.8. The van der Waals surface area contributed by atoms with Crippen molar-refractivity contribution in [2.75, 3.05) is 37.9 Å². The molecule has 0 spiro atoms. The Morgan fingerprint density at radius 1 is 1.19 bits per heavy atom. The van der Waals surface area contributed by atoms with Crippen molar-refractivity contribution in [2.24, 2.45) is 0 Å². The number of hydrogen-bond donors (Lipinski definition) is 1. The molecular formula is C17H19N3O4S2. The molecule has 1 aromatic heterocycles. The van der Waals surface area contributed by atoms with E-state index in [0.717, 1.165) is 0 Å². The van der Waals surface area contributed by atoms with Crippen molar-refractivity contribution >= 4 is 33.4 Å². The molecule has 138 valence electrons. The van der Waals surface area contributed by atoms with E-state index >= 15 is 0 Å². The minimum Gasteiger partial charge on any atom is -0.379 e. The number of sulfonamides is 1. The van der Waals surface area contributed by atoms with Gasteiger partial charge in [-0.1, -0.05) is 0 Å². The fraction of sp³-hybridized carbons (Fsp3) is 0.294. The second-order valence-corrected chi connectivity index (χ2v) is 8.29. The smallest absolute Gasteiger partial charge is 0.258 e. The van der Waals surface area contributed by atoms with Crippen molar-refractivity contribution in [1.29, 1.82) is 0 Å². The summed E-state index contributed by atoms with van der Waals surface area (Å²) in [6, 6.07) is 9.57. The minimum absolute atomic E-state index is 0.198. The number of aromatic nitrogens is 1. The van der Waals surface area contributed by atoms with E-state index in [-0.39, 0.29) is 10.8 Å². The summed E-state index contributed by atoms with van der Waals surface area (Å²) < 4.78 is 31.8. The highest BCUT2D eigenvalue weighted by molar-refractivity contribution is 7.98. The number of amides is 1. The molecule has 1 aliphatic rings. The normalized spacial score (nSPS) is 15.6. The van der Waals surface area contributed by atoms with Gasteiger partial charge >= 0.3 is 0 Å². The molecule has 0 aliphatic carbocycles. The first kappa shape index (κ1) is 18.8. The Labute approximate surface area is 156 Å². The standard InChI is InChI=1S/C17H19N3O4S2/c1-25-17-15(3-2-8-18-17)16(21)19-13-4-6-14(7-5-13)26(22,23)20-9-11-24-12-10-20/h2-8H,9-12H2,1H3,(H,19,21). The molecule has 26 heavy (non-hydrogen) atoms. The first-order valence-corrected chi connectivity index (χ1v) is 10.7. The Balaban J connectivity index is 1.74. The molecule has 2 heterocycles. The van der Waals surface area contributed by atoms with E-state index in [4.69, 9.17) is 4.74 Å². The number of morpholine rings is 1. The Morgan fingerprint density at radius 2 is 1.88 bits per heavy atom. The van der Waals surface area contributed by atoms with Crippen LogP contribution in [0.15, 0.2) is 52.5 Å². The van der Waals surface area contributed by atoms with E-state index in [2.05, 4.69) is 10.3 Å². The molecule has 2 aromatic rings. The summed E-state index contributed by atoms with van der Waals surface area (Å²) in [6.07, 6.45) is 3.48. The number of carbonyl (C=O) groups is 1. The highest BCUT2D eigenvalue weighted by Crippen LogP contribution is 2.21. The number of pyridine rings is 1. The zero-order chi connectivity index (χ0) is 18.6. The summed E-state index contributed by atoms with van der Waals surface area (Å²) in [6.45, 7) is 1.49. The third-order valence-corrected chi connectivity index (χ3v) is 6.55. The van der Waals surface area contributed by atoms with Gasteiger partial charge in [0.05, 0.1) is 23.7 Å². The molecule has 1 saturated heterocycles. The second kappa shape index (κ2) is 8.17. The fourth-order valence-electron chi connectivity index (χ4n) is 2.57. The predicted octanol–water partition coefficient (Wildman–Crippen LogP) is 2.08. The molecule has 1 fully saturated rings. The van der Waals surface area contributed by atoms with Crippen LogP contribution in [-0.2, 0) is 14.8 Å². The highest BCUT2D eigenvalue weighted by Gasteiger charge is 2.26. The number of thioether (sulfide) groups is 1. The average Bonchev–Trinajstić information content (AvgIpc) is 2.69. The number of anilines is 1. The van der Waals surface area contributed by atoms with Crippen LogP contribution in [0, 0.1) is 0 Å². The zero-order valence-electron chi connectivity index (χ0n) is 14.2. The van der Waals surface area contributed by atoms with E-state index in [9.17, 15) is 13.2 Å². The lowest BCUT2D eigenvalue weighted by Gasteiger charge is -2.26. The number of ether oxygens (including phenoxy) is 1. The molecule has 7 nitrogen and oxygen atoms in total. The van der Waals surface area contributed by atoms with Crippen molar-refractivity contribution < 1.29 is 17.9 Å². The Bertz CT molecular complexity index is 879. The number of hydrogen-bond acceptors (Lipinski definition) is 6. The van der Waals surface area contributed by atoms with Crippen LogP contribution >= 0.6 is 11.8 Å². The van der Waals surface area contributed by atoms with Crippen LogP contribution < -0.4 is 5.32 Å². The molecule has 0 saturated carbocycles. The number of benzene rings is 1. The van der Waals surface area contributed by atoms with Gasteiger partial charge in [0.15, 0.2) is 0 Å². The van der Waals surface area contributed by atoms with E-state index in [1.807, 2.05) is 6.26 Å². The van der Waals surface area contributed by atoms with Crippen LogP contribution in [0.4, 0.5) is 5.69 Å². The fourth-order valence-corrected chi connectivity index (χ4v) is 4.53. The summed E-state index contributed by atoms with van der Waals surface area (Å²) in [5, 5.41) is 3.41. The zero-order valence-corrected chi connectivity index (χ0v) is 15.8. The second-order valence-electron chi connectivity index (χ2n) is 5.56. The van der Waals surface area contributed by atoms with Crippen molar-refractivity contribution in [3.8, 4) is 0 Å². The summed E-state index contributed by atoms with van der Waals surface area (Å²) >= 11 is 1.39. The SMILES string of the molecule is CSc1ncccc1C(=O)Nc1ccc(S(=O)(=O)N2CCOCC2)cc1. The van der Waals surface area contributed by atoms with Gasteiger partial charge in [0.1, 0.15) is 5.03 Å².